The summed E-state index contributed by atoms with van der Waals surface area (Å²) < 4.78 is 5.81. The first kappa shape index (κ1) is 14.8. The van der Waals surface area contributed by atoms with Crippen LogP contribution in [0.5, 0.6) is 5.88 Å². The van der Waals surface area contributed by atoms with Crippen LogP contribution in [0.15, 0.2) is 25.0 Å². The van der Waals surface area contributed by atoms with Gasteiger partial charge in [-0.25, -0.2) is 24.9 Å². The van der Waals surface area contributed by atoms with Gasteiger partial charge in [-0.3, -0.25) is 0 Å². The van der Waals surface area contributed by atoms with E-state index in [0.29, 0.717) is 24.1 Å². The number of nitrogens with zero attached hydrogens (tertiary/aromatic N) is 6. The van der Waals surface area contributed by atoms with Crippen LogP contribution in [0.1, 0.15) is 18.5 Å². The topological polar surface area (TPSA) is 92.7 Å². The standard InChI is InChI=1S/C16H19N7O/c1-11-6-13(18-8-17-11)24-7-12-2-4-23(5-3-12)16-14-15(20-9-19-14)21-10-22-16/h6,8-10,12H,2-5,7H2,1H3,(H,19,20,21,22). The van der Waals surface area contributed by atoms with Crippen LogP contribution in [0, 0.1) is 12.8 Å². The first-order valence-electron chi connectivity index (χ1n) is 8.10. The van der Waals surface area contributed by atoms with Gasteiger partial charge in [0.1, 0.15) is 18.2 Å². The maximum Gasteiger partial charge on any atom is 0.216 e. The van der Waals surface area contributed by atoms with Crippen molar-refractivity contribution in [1.82, 2.24) is 29.9 Å². The lowest BCUT2D eigenvalue weighted by atomic mass is 9.98. The van der Waals surface area contributed by atoms with Crippen molar-refractivity contribution in [3.63, 3.8) is 0 Å². The molecule has 1 N–H and O–H groups in total. The van der Waals surface area contributed by atoms with Gasteiger partial charge in [-0.2, -0.15) is 0 Å². The zero-order valence-electron chi connectivity index (χ0n) is 13.5. The molecule has 8 nitrogen and oxygen atoms in total. The summed E-state index contributed by atoms with van der Waals surface area (Å²) in [5.41, 5.74) is 2.54. The lowest BCUT2D eigenvalue weighted by Gasteiger charge is -2.32. The third-order valence-corrected chi connectivity index (χ3v) is 4.36. The van der Waals surface area contributed by atoms with Gasteiger partial charge in [0.15, 0.2) is 11.5 Å². The zero-order valence-corrected chi connectivity index (χ0v) is 13.5. The SMILES string of the molecule is Cc1cc(OCC2CCN(c3ncnc4nc[nH]c34)CC2)ncn1. The number of H-pyrrole nitrogens is 1. The number of imidazole rings is 1. The summed E-state index contributed by atoms with van der Waals surface area (Å²) in [6.07, 6.45) is 6.89. The minimum absolute atomic E-state index is 0.524. The number of ether oxygens (including phenoxy) is 1. The molecule has 1 saturated heterocycles. The summed E-state index contributed by atoms with van der Waals surface area (Å²) in [5, 5.41) is 0. The van der Waals surface area contributed by atoms with Crippen LogP contribution < -0.4 is 9.64 Å². The number of anilines is 1. The van der Waals surface area contributed by atoms with E-state index in [2.05, 4.69) is 34.8 Å². The summed E-state index contributed by atoms with van der Waals surface area (Å²) in [7, 11) is 0. The van der Waals surface area contributed by atoms with Crippen molar-refractivity contribution in [1.29, 1.82) is 0 Å². The van der Waals surface area contributed by atoms with Crippen molar-refractivity contribution in [2.45, 2.75) is 19.8 Å². The summed E-state index contributed by atoms with van der Waals surface area (Å²) in [5.74, 6) is 2.11. The smallest absolute Gasteiger partial charge is 0.216 e. The third-order valence-electron chi connectivity index (χ3n) is 4.36. The first-order valence-corrected chi connectivity index (χ1v) is 8.10. The molecular formula is C16H19N7O. The Morgan fingerprint density at radius 2 is 1.96 bits per heavy atom. The van der Waals surface area contributed by atoms with Crippen LogP contribution in [-0.2, 0) is 0 Å². The number of nitrogens with one attached hydrogen (secondary N) is 1. The van der Waals surface area contributed by atoms with Crippen LogP contribution in [0.25, 0.3) is 11.2 Å². The molecule has 4 heterocycles. The molecule has 1 aliphatic heterocycles. The molecule has 0 aromatic carbocycles. The molecule has 4 rings (SSSR count). The number of hydrogen-bond donors (Lipinski definition) is 1. The first-order chi connectivity index (χ1) is 11.8. The highest BCUT2D eigenvalue weighted by Gasteiger charge is 2.22. The van der Waals surface area contributed by atoms with Gasteiger partial charge in [0, 0.05) is 24.8 Å². The highest BCUT2D eigenvalue weighted by Crippen LogP contribution is 2.26. The minimum atomic E-state index is 0.524. The van der Waals surface area contributed by atoms with E-state index in [1.165, 1.54) is 6.33 Å². The second kappa shape index (κ2) is 6.38. The molecule has 0 aliphatic carbocycles. The van der Waals surface area contributed by atoms with Crippen molar-refractivity contribution >= 4 is 17.0 Å². The average molecular weight is 325 g/mol. The quantitative estimate of drug-likeness (QED) is 0.781. The number of aromatic nitrogens is 6. The van der Waals surface area contributed by atoms with Crippen LogP contribution in [0.3, 0.4) is 0 Å². The van der Waals surface area contributed by atoms with E-state index in [1.54, 1.807) is 12.7 Å². The van der Waals surface area contributed by atoms with Gasteiger partial charge in [-0.1, -0.05) is 0 Å². The fraction of sp³-hybridized carbons (Fsp3) is 0.438. The minimum Gasteiger partial charge on any atom is -0.477 e. The Kier molecular flexibility index (Phi) is 3.94. The molecule has 0 spiro atoms. The number of piperidine rings is 1. The molecule has 8 heteroatoms. The molecule has 0 atom stereocenters. The maximum absolute atomic E-state index is 5.81. The number of aromatic amines is 1. The largest absolute Gasteiger partial charge is 0.477 e. The number of aryl methyl sites for hydroxylation is 1. The molecule has 3 aromatic rings. The molecule has 0 unspecified atom stereocenters. The van der Waals surface area contributed by atoms with E-state index in [4.69, 9.17) is 4.74 Å². The van der Waals surface area contributed by atoms with Crippen LogP contribution >= 0.6 is 0 Å². The van der Waals surface area contributed by atoms with Gasteiger partial charge in [0.05, 0.1) is 12.9 Å². The Labute approximate surface area is 139 Å². The fourth-order valence-electron chi connectivity index (χ4n) is 3.02. The van der Waals surface area contributed by atoms with Gasteiger partial charge >= 0.3 is 0 Å². The van der Waals surface area contributed by atoms with Gasteiger partial charge in [0.25, 0.3) is 0 Å². The van der Waals surface area contributed by atoms with Crippen molar-refractivity contribution in [3.05, 3.63) is 30.7 Å². The Morgan fingerprint density at radius 3 is 2.79 bits per heavy atom. The van der Waals surface area contributed by atoms with Gasteiger partial charge < -0.3 is 14.6 Å². The van der Waals surface area contributed by atoms with Crippen molar-refractivity contribution in [2.75, 3.05) is 24.6 Å². The predicted molar refractivity (Wildman–Crippen MR) is 88.9 cm³/mol. The zero-order chi connectivity index (χ0) is 16.4. The number of rotatable bonds is 4. The lowest BCUT2D eigenvalue weighted by Crippen LogP contribution is -2.36. The Hall–Kier alpha value is -2.77. The predicted octanol–water partition coefficient (Wildman–Crippen LogP) is 1.75. The van der Waals surface area contributed by atoms with E-state index in [9.17, 15) is 0 Å². The lowest BCUT2D eigenvalue weighted by molar-refractivity contribution is 0.215. The summed E-state index contributed by atoms with van der Waals surface area (Å²) >= 11 is 0. The Bertz CT molecular complexity index is 826. The van der Waals surface area contributed by atoms with E-state index < -0.39 is 0 Å². The van der Waals surface area contributed by atoms with Crippen molar-refractivity contribution < 1.29 is 4.74 Å². The fourth-order valence-corrected chi connectivity index (χ4v) is 3.02. The molecule has 124 valence electrons. The Balaban J connectivity index is 1.36. The van der Waals surface area contributed by atoms with Gasteiger partial charge in [-0.15, -0.1) is 0 Å². The highest BCUT2D eigenvalue weighted by atomic mass is 16.5. The number of hydrogen-bond acceptors (Lipinski definition) is 7. The highest BCUT2D eigenvalue weighted by molar-refractivity contribution is 5.82. The molecule has 0 radical (unpaired) electrons. The van der Waals surface area contributed by atoms with Crippen LogP contribution in [-0.4, -0.2) is 49.6 Å². The number of fused-ring (bicyclic) bond motifs is 1. The van der Waals surface area contributed by atoms with Crippen molar-refractivity contribution in [3.8, 4) is 5.88 Å². The summed E-state index contributed by atoms with van der Waals surface area (Å²) in [4.78, 5) is 26.4. The molecule has 1 aliphatic rings. The van der Waals surface area contributed by atoms with Crippen molar-refractivity contribution in [2.24, 2.45) is 5.92 Å². The Morgan fingerprint density at radius 1 is 1.12 bits per heavy atom. The second-order valence-electron chi connectivity index (χ2n) is 6.04. The molecule has 24 heavy (non-hydrogen) atoms. The summed E-state index contributed by atoms with van der Waals surface area (Å²) in [6.45, 7) is 4.52. The monoisotopic (exact) mass is 325 g/mol. The summed E-state index contributed by atoms with van der Waals surface area (Å²) in [6, 6.07) is 1.87. The normalized spacial score (nSPS) is 15.8. The van der Waals surface area contributed by atoms with E-state index in [1.807, 2.05) is 13.0 Å². The maximum atomic E-state index is 5.81. The molecule has 0 bridgehead atoms. The molecule has 0 saturated carbocycles. The van der Waals surface area contributed by atoms with E-state index in [0.717, 1.165) is 43.0 Å². The second-order valence-corrected chi connectivity index (χ2v) is 6.04. The molecule has 3 aromatic heterocycles. The van der Waals surface area contributed by atoms with Gasteiger partial charge in [-0.05, 0) is 25.7 Å². The van der Waals surface area contributed by atoms with E-state index >= 15 is 0 Å². The van der Waals surface area contributed by atoms with Crippen LogP contribution in [0.2, 0.25) is 0 Å². The third kappa shape index (κ3) is 2.99. The van der Waals surface area contributed by atoms with Crippen LogP contribution in [0.4, 0.5) is 5.82 Å². The molecular weight excluding hydrogens is 306 g/mol. The average Bonchev–Trinajstić information content (AvgIpc) is 3.09. The van der Waals surface area contributed by atoms with Gasteiger partial charge in [0.2, 0.25) is 5.88 Å². The molecule has 1 fully saturated rings. The molecule has 0 amide bonds. The van der Waals surface area contributed by atoms with E-state index in [-0.39, 0.29) is 0 Å².